The number of ether oxygens (including phenoxy) is 2. The second-order valence-corrected chi connectivity index (χ2v) is 10.2. The molecule has 0 saturated carbocycles. The highest BCUT2D eigenvalue weighted by atomic mass is 16.7. The van der Waals surface area contributed by atoms with Gasteiger partial charge >= 0.3 is 6.16 Å². The van der Waals surface area contributed by atoms with Crippen LogP contribution in [0.15, 0.2) is 12.2 Å². The van der Waals surface area contributed by atoms with Gasteiger partial charge in [0.05, 0.1) is 6.61 Å². The quantitative estimate of drug-likeness (QED) is 0.125. The van der Waals surface area contributed by atoms with Crippen molar-refractivity contribution in [3.8, 4) is 0 Å². The van der Waals surface area contributed by atoms with Gasteiger partial charge in [0.25, 0.3) is 0 Å². The molecule has 0 aliphatic carbocycles. The van der Waals surface area contributed by atoms with Crippen LogP contribution in [0.25, 0.3) is 0 Å². The van der Waals surface area contributed by atoms with Crippen molar-refractivity contribution in [1.29, 1.82) is 0 Å². The number of hydrogen-bond donors (Lipinski definition) is 0. The van der Waals surface area contributed by atoms with E-state index in [1.807, 2.05) is 0 Å². The molecule has 0 aromatic carbocycles. The van der Waals surface area contributed by atoms with Gasteiger partial charge in [0.15, 0.2) is 0 Å². The Morgan fingerprint density at radius 2 is 1.23 bits per heavy atom. The minimum atomic E-state index is -0.517. The largest absolute Gasteiger partial charge is 0.508 e. The van der Waals surface area contributed by atoms with Crippen molar-refractivity contribution < 1.29 is 14.3 Å². The predicted molar refractivity (Wildman–Crippen MR) is 130 cm³/mol. The summed E-state index contributed by atoms with van der Waals surface area (Å²) in [5, 5.41) is 0. The fourth-order valence-corrected chi connectivity index (χ4v) is 3.96. The Balaban J connectivity index is 3.47. The first-order valence-electron chi connectivity index (χ1n) is 12.8. The van der Waals surface area contributed by atoms with Gasteiger partial charge in [-0.15, -0.1) is 0 Å². The Morgan fingerprint density at radius 3 is 1.70 bits per heavy atom. The van der Waals surface area contributed by atoms with E-state index in [4.69, 9.17) is 9.47 Å². The Kier molecular flexibility index (Phi) is 18.1. The van der Waals surface area contributed by atoms with E-state index in [1.54, 1.807) is 0 Å². The van der Waals surface area contributed by atoms with Gasteiger partial charge in [-0.2, -0.15) is 0 Å². The summed E-state index contributed by atoms with van der Waals surface area (Å²) in [6.07, 6.45) is 22.0. The first kappa shape index (κ1) is 29.0. The Morgan fingerprint density at radius 1 is 0.767 bits per heavy atom. The third-order valence-electron chi connectivity index (χ3n) is 5.56. The number of hydrogen-bond acceptors (Lipinski definition) is 3. The number of allylic oxidation sites excluding steroid dienone is 2. The molecule has 0 radical (unpaired) electrons. The van der Waals surface area contributed by atoms with Gasteiger partial charge in [-0.3, -0.25) is 0 Å². The Labute approximate surface area is 188 Å². The van der Waals surface area contributed by atoms with Crippen LogP contribution in [0.4, 0.5) is 4.79 Å². The second-order valence-electron chi connectivity index (χ2n) is 10.2. The summed E-state index contributed by atoms with van der Waals surface area (Å²) < 4.78 is 10.8. The van der Waals surface area contributed by atoms with Gasteiger partial charge in [0.2, 0.25) is 0 Å². The van der Waals surface area contributed by atoms with E-state index in [0.29, 0.717) is 6.61 Å². The maximum absolute atomic E-state index is 11.9. The lowest BCUT2D eigenvalue weighted by atomic mass is 9.83. The van der Waals surface area contributed by atoms with E-state index in [-0.39, 0.29) is 17.4 Å². The smallest absolute Gasteiger partial charge is 0.434 e. The van der Waals surface area contributed by atoms with Crippen molar-refractivity contribution in [2.75, 3.05) is 6.61 Å². The molecule has 1 unspecified atom stereocenters. The van der Waals surface area contributed by atoms with Crippen molar-refractivity contribution in [3.63, 3.8) is 0 Å². The molecule has 0 aliphatic rings. The molecular weight excluding hydrogens is 372 g/mol. The molecular formula is C27H52O3. The summed E-state index contributed by atoms with van der Waals surface area (Å²) in [6, 6.07) is 0. The normalized spacial score (nSPS) is 13.2. The summed E-state index contributed by atoms with van der Waals surface area (Å²) in [7, 11) is 0. The molecule has 0 N–H and O–H groups in total. The fraction of sp³-hybridized carbons (Fsp3) is 0.889. The van der Waals surface area contributed by atoms with Crippen molar-refractivity contribution >= 4 is 6.16 Å². The standard InChI is InChI=1S/C27H52O3/c1-7-8-9-10-11-12-13-14-15-16-17-18-19-20-21-22-23-29-26(28)30-25(24(2)3)27(4,5)6/h14-15,24-25H,7-13,16-23H2,1-6H3/b15-14-. The average molecular weight is 425 g/mol. The van der Waals surface area contributed by atoms with Crippen molar-refractivity contribution in [1.82, 2.24) is 0 Å². The first-order chi connectivity index (χ1) is 14.3. The SMILES string of the molecule is CCCCCCCC/C=C\CCCCCCCCOC(=O)OC(C(C)C)C(C)(C)C. The van der Waals surface area contributed by atoms with Crippen LogP contribution >= 0.6 is 0 Å². The van der Waals surface area contributed by atoms with Gasteiger partial charge in [0.1, 0.15) is 6.10 Å². The molecule has 0 heterocycles. The Bertz CT molecular complexity index is 420. The zero-order chi connectivity index (χ0) is 22.7. The van der Waals surface area contributed by atoms with Crippen LogP contribution in [0.2, 0.25) is 0 Å². The number of carbonyl (C=O) groups is 1. The first-order valence-corrected chi connectivity index (χ1v) is 12.8. The predicted octanol–water partition coefficient (Wildman–Crippen LogP) is 9.25. The minimum Gasteiger partial charge on any atom is -0.434 e. The van der Waals surface area contributed by atoms with Crippen LogP contribution in [-0.4, -0.2) is 18.9 Å². The molecule has 0 aromatic rings. The molecule has 30 heavy (non-hydrogen) atoms. The minimum absolute atomic E-state index is 0.0728. The third-order valence-corrected chi connectivity index (χ3v) is 5.56. The zero-order valence-electron chi connectivity index (χ0n) is 21.1. The maximum atomic E-state index is 11.9. The third kappa shape index (κ3) is 17.8. The van der Waals surface area contributed by atoms with E-state index < -0.39 is 6.16 Å². The summed E-state index contributed by atoms with van der Waals surface area (Å²) in [6.45, 7) is 13.2. The van der Waals surface area contributed by atoms with E-state index in [2.05, 4.69) is 53.7 Å². The van der Waals surface area contributed by atoms with Crippen LogP contribution in [0.1, 0.15) is 131 Å². The van der Waals surface area contributed by atoms with E-state index >= 15 is 0 Å². The lowest BCUT2D eigenvalue weighted by molar-refractivity contribution is -0.0381. The van der Waals surface area contributed by atoms with Gasteiger partial charge in [0, 0.05) is 0 Å². The number of unbranched alkanes of at least 4 members (excludes halogenated alkanes) is 12. The zero-order valence-corrected chi connectivity index (χ0v) is 21.1. The monoisotopic (exact) mass is 424 g/mol. The average Bonchev–Trinajstić information content (AvgIpc) is 2.67. The molecule has 0 fully saturated rings. The van der Waals surface area contributed by atoms with Crippen molar-refractivity contribution in [2.24, 2.45) is 11.3 Å². The molecule has 0 bridgehead atoms. The lowest BCUT2D eigenvalue weighted by Crippen LogP contribution is -2.36. The van der Waals surface area contributed by atoms with Crippen LogP contribution in [0, 0.1) is 11.3 Å². The molecule has 0 rings (SSSR count). The van der Waals surface area contributed by atoms with Gasteiger partial charge < -0.3 is 9.47 Å². The van der Waals surface area contributed by atoms with Crippen LogP contribution in [0.5, 0.6) is 0 Å². The van der Waals surface area contributed by atoms with Gasteiger partial charge in [-0.1, -0.05) is 111 Å². The maximum Gasteiger partial charge on any atom is 0.508 e. The van der Waals surface area contributed by atoms with E-state index in [0.717, 1.165) is 12.8 Å². The molecule has 0 amide bonds. The fourth-order valence-electron chi connectivity index (χ4n) is 3.96. The van der Waals surface area contributed by atoms with Crippen molar-refractivity contribution in [3.05, 3.63) is 12.2 Å². The van der Waals surface area contributed by atoms with Gasteiger partial charge in [-0.05, 0) is 43.4 Å². The second kappa shape index (κ2) is 18.8. The summed E-state index contributed by atoms with van der Waals surface area (Å²) in [5.41, 5.74) is -0.0728. The summed E-state index contributed by atoms with van der Waals surface area (Å²) in [4.78, 5) is 11.9. The Hall–Kier alpha value is -0.990. The van der Waals surface area contributed by atoms with Gasteiger partial charge in [-0.25, -0.2) is 4.79 Å². The lowest BCUT2D eigenvalue weighted by Gasteiger charge is -2.32. The molecule has 0 saturated heterocycles. The summed E-state index contributed by atoms with van der Waals surface area (Å²) >= 11 is 0. The summed E-state index contributed by atoms with van der Waals surface area (Å²) in [5.74, 6) is 0.281. The van der Waals surface area contributed by atoms with E-state index in [9.17, 15) is 4.79 Å². The molecule has 0 spiro atoms. The van der Waals surface area contributed by atoms with Crippen LogP contribution < -0.4 is 0 Å². The molecule has 3 nitrogen and oxygen atoms in total. The highest BCUT2D eigenvalue weighted by Gasteiger charge is 2.31. The molecule has 3 heteroatoms. The number of rotatable bonds is 18. The highest BCUT2D eigenvalue weighted by Crippen LogP contribution is 2.28. The van der Waals surface area contributed by atoms with E-state index in [1.165, 1.54) is 77.0 Å². The van der Waals surface area contributed by atoms with Crippen LogP contribution in [-0.2, 0) is 9.47 Å². The molecule has 1 atom stereocenters. The molecule has 0 aliphatic heterocycles. The molecule has 178 valence electrons. The topological polar surface area (TPSA) is 35.5 Å². The van der Waals surface area contributed by atoms with Crippen LogP contribution in [0.3, 0.4) is 0 Å². The molecule has 0 aromatic heterocycles. The number of carbonyl (C=O) groups excluding carboxylic acids is 1. The highest BCUT2D eigenvalue weighted by molar-refractivity contribution is 5.60. The van der Waals surface area contributed by atoms with Crippen molar-refractivity contribution in [2.45, 2.75) is 138 Å².